The fourth-order valence-electron chi connectivity index (χ4n) is 9.05. The molecule has 10 atom stereocenters. The third kappa shape index (κ3) is 2.03. The zero-order valence-corrected chi connectivity index (χ0v) is 17.1. The van der Waals surface area contributed by atoms with Gasteiger partial charge in [-0.25, -0.2) is 0 Å². The van der Waals surface area contributed by atoms with Crippen molar-refractivity contribution in [2.75, 3.05) is 0 Å². The van der Waals surface area contributed by atoms with Crippen LogP contribution in [0.15, 0.2) is 0 Å². The van der Waals surface area contributed by atoms with Gasteiger partial charge in [-0.1, -0.05) is 13.8 Å². The summed E-state index contributed by atoms with van der Waals surface area (Å²) in [7, 11) is 0. The van der Waals surface area contributed by atoms with Gasteiger partial charge in [0.15, 0.2) is 0 Å². The molecule has 4 heteroatoms. The van der Waals surface area contributed by atoms with Gasteiger partial charge in [-0.2, -0.15) is 0 Å². The van der Waals surface area contributed by atoms with Crippen LogP contribution in [0.1, 0.15) is 78.6 Å². The van der Waals surface area contributed by atoms with Crippen LogP contribution in [0.3, 0.4) is 0 Å². The van der Waals surface area contributed by atoms with Crippen LogP contribution in [-0.4, -0.2) is 39.9 Å². The Morgan fingerprint density at radius 2 is 1.59 bits per heavy atom. The van der Waals surface area contributed by atoms with Crippen molar-refractivity contribution in [2.24, 2.45) is 34.5 Å². The Morgan fingerprint density at radius 1 is 0.926 bits per heavy atom. The van der Waals surface area contributed by atoms with Gasteiger partial charge in [0.2, 0.25) is 0 Å². The molecule has 1 aliphatic heterocycles. The molecule has 5 aliphatic rings. The molecule has 0 unspecified atom stereocenters. The summed E-state index contributed by atoms with van der Waals surface area (Å²) in [6.07, 6.45) is 9.22. The number of ether oxygens (including phenoxy) is 1. The van der Waals surface area contributed by atoms with Gasteiger partial charge in [-0.05, 0) is 81.5 Å². The molecule has 0 aromatic carbocycles. The largest absolute Gasteiger partial charge is 0.393 e. The second-order valence-electron chi connectivity index (χ2n) is 11.1. The van der Waals surface area contributed by atoms with Crippen LogP contribution in [0.4, 0.5) is 0 Å². The lowest BCUT2D eigenvalue weighted by molar-refractivity contribution is -0.300. The molecule has 0 amide bonds. The van der Waals surface area contributed by atoms with Crippen molar-refractivity contribution in [3.8, 4) is 0 Å². The summed E-state index contributed by atoms with van der Waals surface area (Å²) < 4.78 is 6.86. The number of hydrogen-bond acceptors (Lipinski definition) is 4. The third-order valence-electron chi connectivity index (χ3n) is 10.6. The lowest BCUT2D eigenvalue weighted by Gasteiger charge is -2.68. The minimum absolute atomic E-state index is 0.00335. The van der Waals surface area contributed by atoms with E-state index in [1.807, 2.05) is 0 Å². The summed E-state index contributed by atoms with van der Waals surface area (Å²) in [6, 6.07) is 0. The normalized spacial score (nSPS) is 62.3. The number of aliphatic hydroxyl groups excluding tert-OH is 1. The smallest absolute Gasteiger partial charge is 0.125 e. The van der Waals surface area contributed by atoms with E-state index in [0.29, 0.717) is 24.2 Å². The van der Waals surface area contributed by atoms with E-state index in [-0.39, 0.29) is 34.6 Å². The van der Waals surface area contributed by atoms with Crippen molar-refractivity contribution in [2.45, 2.75) is 102 Å². The maximum atomic E-state index is 11.8. The lowest BCUT2D eigenvalue weighted by atomic mass is 9.41. The summed E-state index contributed by atoms with van der Waals surface area (Å²) in [5.74, 6) is 1.40. The maximum Gasteiger partial charge on any atom is 0.125 e. The summed E-state index contributed by atoms with van der Waals surface area (Å²) in [5.41, 5.74) is -0.899. The molecule has 0 aromatic rings. The van der Waals surface area contributed by atoms with Crippen molar-refractivity contribution in [1.29, 1.82) is 0 Å². The molecule has 4 nitrogen and oxygen atoms in total. The van der Waals surface area contributed by atoms with Gasteiger partial charge in [-0.3, -0.25) is 0 Å². The predicted molar refractivity (Wildman–Crippen MR) is 102 cm³/mol. The zero-order valence-electron chi connectivity index (χ0n) is 17.1. The summed E-state index contributed by atoms with van der Waals surface area (Å²) in [5, 5.41) is 21.8. The molecule has 5 rings (SSSR count). The van der Waals surface area contributed by atoms with E-state index in [0.717, 1.165) is 57.7 Å². The fourth-order valence-corrected chi connectivity index (χ4v) is 9.05. The first kappa shape index (κ1) is 18.6. The Morgan fingerprint density at radius 3 is 2.33 bits per heavy atom. The molecule has 5 fully saturated rings. The van der Waals surface area contributed by atoms with E-state index in [9.17, 15) is 15.0 Å². The number of aliphatic hydroxyl groups is 2. The average Bonchev–Trinajstić information content (AvgIpc) is 2.80. The minimum atomic E-state index is -0.736. The van der Waals surface area contributed by atoms with Crippen LogP contribution < -0.4 is 0 Å². The molecular formula is C23H36O4. The van der Waals surface area contributed by atoms with E-state index >= 15 is 0 Å². The molecule has 27 heavy (non-hydrogen) atoms. The number of carbonyl (C=O) groups is 1. The van der Waals surface area contributed by atoms with E-state index in [1.165, 1.54) is 0 Å². The Hall–Kier alpha value is -0.450. The SMILES string of the molecule is C[C@H]1O[C@]23CC[C@H]([C@@H]1C=O)[C@@]2(C)CC[C@H]1[C@H]3CC[C@]2(O)C[C@@H](O)CC[C@]12C. The Balaban J connectivity index is 1.55. The van der Waals surface area contributed by atoms with Crippen LogP contribution in [0.2, 0.25) is 0 Å². The number of carbonyl (C=O) groups excluding carboxylic acids is 1. The van der Waals surface area contributed by atoms with Crippen molar-refractivity contribution in [1.82, 2.24) is 0 Å². The molecule has 1 heterocycles. The quantitative estimate of drug-likeness (QED) is 0.688. The van der Waals surface area contributed by atoms with E-state index in [1.54, 1.807) is 0 Å². The number of rotatable bonds is 1. The minimum Gasteiger partial charge on any atom is -0.393 e. The summed E-state index contributed by atoms with van der Waals surface area (Å²) in [6.45, 7) is 6.79. The highest BCUT2D eigenvalue weighted by Crippen LogP contribution is 2.73. The monoisotopic (exact) mass is 376 g/mol. The highest BCUT2D eigenvalue weighted by molar-refractivity contribution is 5.56. The number of hydrogen-bond donors (Lipinski definition) is 2. The van der Waals surface area contributed by atoms with Crippen molar-refractivity contribution < 1.29 is 19.7 Å². The van der Waals surface area contributed by atoms with Crippen molar-refractivity contribution in [3.05, 3.63) is 0 Å². The highest BCUT2D eigenvalue weighted by Gasteiger charge is 2.73. The molecule has 152 valence electrons. The summed E-state index contributed by atoms with van der Waals surface area (Å²) >= 11 is 0. The maximum absolute atomic E-state index is 11.8. The van der Waals surface area contributed by atoms with Gasteiger partial charge in [0, 0.05) is 17.8 Å². The molecule has 4 saturated carbocycles. The molecule has 0 spiro atoms. The lowest BCUT2D eigenvalue weighted by Crippen LogP contribution is -2.70. The molecule has 0 radical (unpaired) electrons. The molecule has 4 aliphatic carbocycles. The van der Waals surface area contributed by atoms with E-state index < -0.39 is 5.60 Å². The molecule has 2 bridgehead atoms. The van der Waals surface area contributed by atoms with Crippen LogP contribution >= 0.6 is 0 Å². The second-order valence-corrected chi connectivity index (χ2v) is 11.1. The second kappa shape index (κ2) is 5.58. The van der Waals surface area contributed by atoms with Crippen LogP contribution in [0, 0.1) is 34.5 Å². The van der Waals surface area contributed by atoms with Gasteiger partial charge in [-0.15, -0.1) is 0 Å². The standard InChI is InChI=1S/C23H36O4/c1-14-16(13-24)17-7-11-23(27-14)19-6-10-22(26)12-15(25)4-8-20(22,2)18(19)5-9-21(17,23)3/h13-19,25-26H,4-12H2,1-3H3/t14-,15+,16-,17-,18+,19-,20-,21-,22+,23+/m1/s1. The Kier molecular flexibility index (Phi) is 3.84. The van der Waals surface area contributed by atoms with Gasteiger partial charge >= 0.3 is 0 Å². The molecular weight excluding hydrogens is 340 g/mol. The predicted octanol–water partition coefficient (Wildman–Crippen LogP) is 3.48. The first-order chi connectivity index (χ1) is 12.7. The zero-order chi connectivity index (χ0) is 19.2. The fraction of sp³-hybridized carbons (Fsp3) is 0.957. The van der Waals surface area contributed by atoms with Crippen molar-refractivity contribution in [3.63, 3.8) is 0 Å². The van der Waals surface area contributed by atoms with Crippen LogP contribution in [-0.2, 0) is 9.53 Å². The number of fused-ring (bicyclic) bond motifs is 3. The average molecular weight is 377 g/mol. The topological polar surface area (TPSA) is 66.8 Å². The van der Waals surface area contributed by atoms with Gasteiger partial charge in [0.05, 0.1) is 23.4 Å². The van der Waals surface area contributed by atoms with Gasteiger partial charge in [0.25, 0.3) is 0 Å². The Labute approximate surface area is 163 Å². The molecule has 1 saturated heterocycles. The van der Waals surface area contributed by atoms with Crippen molar-refractivity contribution >= 4 is 6.29 Å². The summed E-state index contributed by atoms with van der Waals surface area (Å²) in [4.78, 5) is 11.8. The first-order valence-corrected chi connectivity index (χ1v) is 11.2. The molecule has 2 N–H and O–H groups in total. The highest BCUT2D eigenvalue weighted by atomic mass is 16.5. The first-order valence-electron chi connectivity index (χ1n) is 11.2. The van der Waals surface area contributed by atoms with Gasteiger partial charge < -0.3 is 19.7 Å². The van der Waals surface area contributed by atoms with Gasteiger partial charge in [0.1, 0.15) is 6.29 Å². The molecule has 0 aromatic heterocycles. The van der Waals surface area contributed by atoms with E-state index in [2.05, 4.69) is 20.8 Å². The van der Waals surface area contributed by atoms with Crippen LogP contribution in [0.5, 0.6) is 0 Å². The Bertz CT molecular complexity index is 650. The third-order valence-corrected chi connectivity index (χ3v) is 10.6. The number of aldehydes is 1. The van der Waals surface area contributed by atoms with Crippen LogP contribution in [0.25, 0.3) is 0 Å². The van der Waals surface area contributed by atoms with E-state index in [4.69, 9.17) is 4.74 Å².